The minimum Gasteiger partial charge on any atom is -0.291 e. The minimum atomic E-state index is -0.239. The van der Waals surface area contributed by atoms with E-state index in [-0.39, 0.29) is 17.0 Å². The van der Waals surface area contributed by atoms with Crippen molar-refractivity contribution in [3.8, 4) is 0 Å². The SMILES string of the molecule is CCC(=O)C(=O)CC(C)(C)CC. The van der Waals surface area contributed by atoms with Gasteiger partial charge in [-0.3, -0.25) is 9.59 Å². The lowest BCUT2D eigenvalue weighted by Crippen LogP contribution is -2.21. The molecule has 0 amide bonds. The van der Waals surface area contributed by atoms with E-state index < -0.39 is 0 Å². The maximum Gasteiger partial charge on any atom is 0.198 e. The van der Waals surface area contributed by atoms with Crippen LogP contribution < -0.4 is 0 Å². The average Bonchev–Trinajstić information content (AvgIpc) is 2.02. The van der Waals surface area contributed by atoms with Crippen LogP contribution in [0.3, 0.4) is 0 Å². The Balaban J connectivity index is 4.09. The van der Waals surface area contributed by atoms with Gasteiger partial charge in [0.2, 0.25) is 0 Å². The molecule has 0 fully saturated rings. The predicted octanol–water partition coefficient (Wildman–Crippen LogP) is 2.36. The van der Waals surface area contributed by atoms with Crippen molar-refractivity contribution in [1.29, 1.82) is 0 Å². The van der Waals surface area contributed by atoms with Gasteiger partial charge in [-0.25, -0.2) is 0 Å². The Morgan fingerprint density at radius 2 is 1.58 bits per heavy atom. The molecule has 0 saturated carbocycles. The van der Waals surface area contributed by atoms with Gasteiger partial charge in [-0.05, 0) is 5.41 Å². The van der Waals surface area contributed by atoms with Crippen LogP contribution in [0.5, 0.6) is 0 Å². The lowest BCUT2D eigenvalue weighted by Gasteiger charge is -2.20. The van der Waals surface area contributed by atoms with E-state index in [4.69, 9.17) is 0 Å². The summed E-state index contributed by atoms with van der Waals surface area (Å²) in [5.41, 5.74) is -0.0259. The van der Waals surface area contributed by atoms with Crippen LogP contribution in [-0.2, 0) is 9.59 Å². The van der Waals surface area contributed by atoms with Crippen molar-refractivity contribution in [1.82, 2.24) is 0 Å². The van der Waals surface area contributed by atoms with Crippen molar-refractivity contribution in [3.05, 3.63) is 0 Å². The summed E-state index contributed by atoms with van der Waals surface area (Å²) in [6.45, 7) is 7.77. The average molecular weight is 170 g/mol. The van der Waals surface area contributed by atoms with Crippen molar-refractivity contribution in [2.45, 2.75) is 47.0 Å². The molecule has 2 nitrogen and oxygen atoms in total. The summed E-state index contributed by atoms with van der Waals surface area (Å²) < 4.78 is 0. The molecule has 0 aromatic carbocycles. The van der Waals surface area contributed by atoms with Crippen LogP contribution in [0, 0.1) is 5.41 Å². The maximum absolute atomic E-state index is 11.2. The van der Waals surface area contributed by atoms with E-state index in [2.05, 4.69) is 0 Å². The molecule has 0 heterocycles. The second kappa shape index (κ2) is 4.39. The summed E-state index contributed by atoms with van der Waals surface area (Å²) >= 11 is 0. The van der Waals surface area contributed by atoms with Gasteiger partial charge >= 0.3 is 0 Å². The second-order valence-electron chi connectivity index (χ2n) is 3.89. The van der Waals surface area contributed by atoms with Crippen molar-refractivity contribution >= 4 is 11.6 Å². The number of carbonyl (C=O) groups excluding carboxylic acids is 2. The van der Waals surface area contributed by atoms with E-state index in [0.717, 1.165) is 6.42 Å². The van der Waals surface area contributed by atoms with Gasteiger partial charge in [0.1, 0.15) is 0 Å². The van der Waals surface area contributed by atoms with Crippen LogP contribution in [-0.4, -0.2) is 11.6 Å². The van der Waals surface area contributed by atoms with Gasteiger partial charge in [0.15, 0.2) is 11.6 Å². The molecule has 0 aromatic heterocycles. The van der Waals surface area contributed by atoms with E-state index in [9.17, 15) is 9.59 Å². The highest BCUT2D eigenvalue weighted by Gasteiger charge is 2.22. The highest BCUT2D eigenvalue weighted by atomic mass is 16.2. The molecular weight excluding hydrogens is 152 g/mol. The number of hydrogen-bond acceptors (Lipinski definition) is 2. The topological polar surface area (TPSA) is 34.1 Å². The largest absolute Gasteiger partial charge is 0.291 e. The Morgan fingerprint density at radius 1 is 1.08 bits per heavy atom. The lowest BCUT2D eigenvalue weighted by atomic mass is 9.84. The number of carbonyl (C=O) groups is 2. The molecule has 0 bridgehead atoms. The van der Waals surface area contributed by atoms with Crippen molar-refractivity contribution in [2.75, 3.05) is 0 Å². The van der Waals surface area contributed by atoms with Crippen molar-refractivity contribution in [2.24, 2.45) is 5.41 Å². The van der Waals surface area contributed by atoms with Gasteiger partial charge in [-0.1, -0.05) is 34.1 Å². The minimum absolute atomic E-state index is 0.0259. The Labute approximate surface area is 74.3 Å². The number of ketones is 2. The summed E-state index contributed by atoms with van der Waals surface area (Å²) in [5, 5.41) is 0. The molecule has 0 atom stereocenters. The highest BCUT2D eigenvalue weighted by molar-refractivity contribution is 6.37. The van der Waals surface area contributed by atoms with Gasteiger partial charge in [-0.2, -0.15) is 0 Å². The Kier molecular flexibility index (Phi) is 4.15. The first-order chi connectivity index (χ1) is 5.43. The summed E-state index contributed by atoms with van der Waals surface area (Å²) in [6.07, 6.45) is 1.64. The van der Waals surface area contributed by atoms with Crippen LogP contribution in [0.2, 0.25) is 0 Å². The maximum atomic E-state index is 11.2. The molecule has 0 rings (SSSR count). The number of Topliss-reactive ketones (excluding diaryl/α,β-unsaturated/α-hetero) is 2. The fourth-order valence-corrected chi connectivity index (χ4v) is 0.855. The molecule has 0 saturated heterocycles. The first-order valence-electron chi connectivity index (χ1n) is 4.49. The van der Waals surface area contributed by atoms with E-state index in [0.29, 0.717) is 12.8 Å². The second-order valence-corrected chi connectivity index (χ2v) is 3.89. The zero-order valence-corrected chi connectivity index (χ0v) is 8.44. The predicted molar refractivity (Wildman–Crippen MR) is 49.0 cm³/mol. The van der Waals surface area contributed by atoms with Gasteiger partial charge in [0.25, 0.3) is 0 Å². The molecular formula is C10H18O2. The fourth-order valence-electron chi connectivity index (χ4n) is 0.855. The van der Waals surface area contributed by atoms with Crippen LogP contribution >= 0.6 is 0 Å². The summed E-state index contributed by atoms with van der Waals surface area (Å²) in [5.74, 6) is -0.458. The Bertz CT molecular complexity index is 180. The summed E-state index contributed by atoms with van der Waals surface area (Å²) in [4.78, 5) is 22.2. The molecule has 0 aromatic rings. The van der Waals surface area contributed by atoms with E-state index in [1.807, 2.05) is 20.8 Å². The van der Waals surface area contributed by atoms with E-state index in [1.165, 1.54) is 0 Å². The summed E-state index contributed by atoms with van der Waals surface area (Å²) in [7, 11) is 0. The molecule has 0 unspecified atom stereocenters. The molecule has 12 heavy (non-hydrogen) atoms. The molecule has 0 aliphatic rings. The normalized spacial score (nSPS) is 11.3. The number of rotatable bonds is 5. The molecule has 0 aliphatic heterocycles. The van der Waals surface area contributed by atoms with E-state index >= 15 is 0 Å². The van der Waals surface area contributed by atoms with E-state index in [1.54, 1.807) is 6.92 Å². The Hall–Kier alpha value is -0.660. The molecule has 0 N–H and O–H groups in total. The zero-order chi connectivity index (χ0) is 9.78. The third kappa shape index (κ3) is 3.65. The molecule has 0 spiro atoms. The van der Waals surface area contributed by atoms with Crippen LogP contribution in [0.4, 0.5) is 0 Å². The first kappa shape index (κ1) is 11.3. The number of hydrogen-bond donors (Lipinski definition) is 0. The van der Waals surface area contributed by atoms with Crippen molar-refractivity contribution in [3.63, 3.8) is 0 Å². The highest BCUT2D eigenvalue weighted by Crippen LogP contribution is 2.24. The van der Waals surface area contributed by atoms with Crippen LogP contribution in [0.25, 0.3) is 0 Å². The smallest absolute Gasteiger partial charge is 0.198 e. The Morgan fingerprint density at radius 3 is 1.92 bits per heavy atom. The molecule has 0 radical (unpaired) electrons. The van der Waals surface area contributed by atoms with Gasteiger partial charge in [0, 0.05) is 12.8 Å². The van der Waals surface area contributed by atoms with Crippen LogP contribution in [0.15, 0.2) is 0 Å². The summed E-state index contributed by atoms with van der Waals surface area (Å²) in [6, 6.07) is 0. The van der Waals surface area contributed by atoms with Crippen LogP contribution in [0.1, 0.15) is 47.0 Å². The quantitative estimate of drug-likeness (QED) is 0.593. The fraction of sp³-hybridized carbons (Fsp3) is 0.800. The lowest BCUT2D eigenvalue weighted by molar-refractivity contribution is -0.137. The van der Waals surface area contributed by atoms with Gasteiger partial charge in [-0.15, -0.1) is 0 Å². The van der Waals surface area contributed by atoms with Crippen molar-refractivity contribution < 1.29 is 9.59 Å². The molecule has 2 heteroatoms. The zero-order valence-electron chi connectivity index (χ0n) is 8.44. The molecule has 70 valence electrons. The first-order valence-corrected chi connectivity index (χ1v) is 4.49. The van der Waals surface area contributed by atoms with Gasteiger partial charge < -0.3 is 0 Å². The third-order valence-corrected chi connectivity index (χ3v) is 2.23. The molecule has 0 aliphatic carbocycles. The third-order valence-electron chi connectivity index (χ3n) is 2.23. The monoisotopic (exact) mass is 170 g/mol. The van der Waals surface area contributed by atoms with Gasteiger partial charge in [0.05, 0.1) is 0 Å². The standard InChI is InChI=1S/C10H18O2/c1-5-8(11)9(12)7-10(3,4)6-2/h5-7H2,1-4H3.